The third-order valence-electron chi connectivity index (χ3n) is 5.97. The lowest BCUT2D eigenvalue weighted by Gasteiger charge is -2.25. The van der Waals surface area contributed by atoms with Crippen LogP contribution in [0.5, 0.6) is 0 Å². The van der Waals surface area contributed by atoms with Gasteiger partial charge >= 0.3 is 5.97 Å². The third kappa shape index (κ3) is 7.21. The summed E-state index contributed by atoms with van der Waals surface area (Å²) in [6.45, 7) is 8.65. The highest BCUT2D eigenvalue weighted by Gasteiger charge is 2.26. The van der Waals surface area contributed by atoms with E-state index in [0.29, 0.717) is 18.8 Å². The largest absolute Gasteiger partial charge is 0.459 e. The van der Waals surface area contributed by atoms with Crippen molar-refractivity contribution >= 4 is 28.2 Å². The van der Waals surface area contributed by atoms with Crippen molar-refractivity contribution in [1.82, 2.24) is 9.80 Å². The van der Waals surface area contributed by atoms with Crippen LogP contribution in [-0.2, 0) is 25.6 Å². The number of nitrogens with zero attached hydrogens (tertiary/aromatic N) is 2. The second kappa shape index (κ2) is 12.4. The first-order chi connectivity index (χ1) is 18.4. The molecule has 3 aromatic rings. The maximum atomic E-state index is 13.0. The molecule has 3 aromatic carbocycles. The molecule has 0 amide bonds. The summed E-state index contributed by atoms with van der Waals surface area (Å²) < 4.78 is 37.1. The quantitative estimate of drug-likeness (QED) is 0.237. The topological polar surface area (TPSA) is 76.2 Å². The Kier molecular flexibility index (Phi) is 8.78. The Morgan fingerprint density at radius 2 is 1.47 bits per heavy atom. The molecule has 1 heterocycles. The molecular weight excluding hydrogens is 500 g/mol. The van der Waals surface area contributed by atoms with Crippen LogP contribution in [0.15, 0.2) is 109 Å². The van der Waals surface area contributed by atoms with Crippen LogP contribution in [0.1, 0.15) is 27.0 Å². The van der Waals surface area contributed by atoms with Crippen molar-refractivity contribution in [3.8, 4) is 0 Å². The lowest BCUT2D eigenvalue weighted by atomic mass is 10.1. The molecule has 0 saturated carbocycles. The number of rotatable bonds is 12. The van der Waals surface area contributed by atoms with Crippen LogP contribution in [0.4, 0.5) is 0 Å². The number of ether oxygens (including phenoxy) is 1. The van der Waals surface area contributed by atoms with E-state index in [1.807, 2.05) is 41.6 Å². The number of carbonyl (C=O) groups is 1. The van der Waals surface area contributed by atoms with Gasteiger partial charge in [0, 0.05) is 18.9 Å². The fourth-order valence-electron chi connectivity index (χ4n) is 3.94. The van der Waals surface area contributed by atoms with E-state index in [4.69, 9.17) is 8.92 Å². The summed E-state index contributed by atoms with van der Waals surface area (Å²) in [6, 6.07) is 22.9. The zero-order valence-corrected chi connectivity index (χ0v) is 21.8. The normalized spacial score (nSPS) is 13.8. The minimum absolute atomic E-state index is 0.0176. The first-order valence-electron chi connectivity index (χ1n) is 12.1. The molecule has 0 spiro atoms. The average molecular weight is 531 g/mol. The maximum absolute atomic E-state index is 13.0. The van der Waals surface area contributed by atoms with Crippen molar-refractivity contribution in [3.05, 3.63) is 127 Å². The van der Waals surface area contributed by atoms with Crippen molar-refractivity contribution in [2.75, 3.05) is 19.8 Å². The predicted octanol–water partition coefficient (Wildman–Crippen LogP) is 5.15. The Bertz CT molecular complexity index is 1380. The number of hydrogen-bond donors (Lipinski definition) is 0. The van der Waals surface area contributed by atoms with Gasteiger partial charge in [-0.3, -0.25) is 4.18 Å². The Morgan fingerprint density at radius 1 is 0.868 bits per heavy atom. The molecule has 1 unspecified atom stereocenters. The molecule has 0 bridgehead atoms. The Hall–Kier alpha value is -4.14. The first-order valence-corrected chi connectivity index (χ1v) is 13.5. The number of carbonyl (C=O) groups excluding carboxylic acids is 1. The molecule has 0 aromatic heterocycles. The molecule has 7 nitrogen and oxygen atoms in total. The van der Waals surface area contributed by atoms with E-state index in [0.717, 1.165) is 16.7 Å². The molecule has 0 fully saturated rings. The van der Waals surface area contributed by atoms with Crippen LogP contribution in [0.2, 0.25) is 0 Å². The second-order valence-corrected chi connectivity index (χ2v) is 10.4. The monoisotopic (exact) mass is 530 g/mol. The van der Waals surface area contributed by atoms with E-state index in [1.54, 1.807) is 54.6 Å². The Morgan fingerprint density at radius 3 is 2.11 bits per heavy atom. The SMILES string of the molecule is C=Cc1ccc(CN2C=CN(CC(COC(=O)c3ccccc3)OS(=O)(=O)c3ccc(C=C)cc3)C2)cc1. The van der Waals surface area contributed by atoms with Gasteiger partial charge in [-0.05, 0) is 41.0 Å². The van der Waals surface area contributed by atoms with Gasteiger partial charge in [0.2, 0.25) is 0 Å². The standard InChI is InChI=1S/C30H30N2O5S/c1-3-24-10-12-26(13-11-24)20-31-18-19-32(23-31)21-28(22-36-30(33)27-8-6-5-7-9-27)37-38(34,35)29-16-14-25(4-2)15-17-29/h3-19,28H,1-2,20-23H2. The van der Waals surface area contributed by atoms with Gasteiger partial charge in [0.05, 0.1) is 23.7 Å². The van der Waals surface area contributed by atoms with Crippen molar-refractivity contribution < 1.29 is 22.1 Å². The van der Waals surface area contributed by atoms with Crippen LogP contribution in [0, 0.1) is 0 Å². The van der Waals surface area contributed by atoms with Gasteiger partial charge in [-0.25, -0.2) is 4.79 Å². The molecule has 38 heavy (non-hydrogen) atoms. The lowest BCUT2D eigenvalue weighted by Crippen LogP contribution is -2.37. The van der Waals surface area contributed by atoms with E-state index < -0.39 is 22.2 Å². The number of benzene rings is 3. The zero-order chi connectivity index (χ0) is 27.0. The number of hydrogen-bond acceptors (Lipinski definition) is 7. The van der Waals surface area contributed by atoms with Crippen molar-refractivity contribution in [3.63, 3.8) is 0 Å². The van der Waals surface area contributed by atoms with E-state index in [1.165, 1.54) is 12.1 Å². The maximum Gasteiger partial charge on any atom is 0.338 e. The summed E-state index contributed by atoms with van der Waals surface area (Å²) in [5, 5.41) is 0. The minimum Gasteiger partial charge on any atom is -0.459 e. The molecule has 0 radical (unpaired) electrons. The van der Waals surface area contributed by atoms with Crippen LogP contribution >= 0.6 is 0 Å². The smallest absolute Gasteiger partial charge is 0.338 e. The van der Waals surface area contributed by atoms with Crippen molar-refractivity contribution in [2.24, 2.45) is 0 Å². The van der Waals surface area contributed by atoms with E-state index in [-0.39, 0.29) is 18.0 Å². The van der Waals surface area contributed by atoms with Crippen LogP contribution < -0.4 is 0 Å². The Balaban J connectivity index is 1.43. The molecule has 0 saturated heterocycles. The van der Waals surface area contributed by atoms with Crippen LogP contribution in [-0.4, -0.2) is 50.1 Å². The number of esters is 1. The predicted molar refractivity (Wildman–Crippen MR) is 148 cm³/mol. The second-order valence-electron chi connectivity index (χ2n) is 8.81. The van der Waals surface area contributed by atoms with Gasteiger partial charge in [0.1, 0.15) is 12.7 Å². The molecule has 196 valence electrons. The van der Waals surface area contributed by atoms with Crippen molar-refractivity contribution in [2.45, 2.75) is 17.5 Å². The molecular formula is C30H30N2O5S. The molecule has 4 rings (SSSR count). The van der Waals surface area contributed by atoms with Gasteiger partial charge in [0.15, 0.2) is 0 Å². The highest BCUT2D eigenvalue weighted by atomic mass is 32.2. The van der Waals surface area contributed by atoms with E-state index >= 15 is 0 Å². The summed E-state index contributed by atoms with van der Waals surface area (Å²) in [7, 11) is -4.11. The summed E-state index contributed by atoms with van der Waals surface area (Å²) in [5.41, 5.74) is 3.36. The minimum atomic E-state index is -4.11. The highest BCUT2D eigenvalue weighted by molar-refractivity contribution is 7.86. The average Bonchev–Trinajstić information content (AvgIpc) is 3.38. The van der Waals surface area contributed by atoms with Gasteiger partial charge in [-0.1, -0.05) is 79.9 Å². The summed E-state index contributed by atoms with van der Waals surface area (Å²) in [4.78, 5) is 16.6. The molecule has 0 aliphatic carbocycles. The summed E-state index contributed by atoms with van der Waals surface area (Å²) >= 11 is 0. The summed E-state index contributed by atoms with van der Waals surface area (Å²) in [6.07, 6.45) is 6.31. The molecule has 0 N–H and O–H groups in total. The van der Waals surface area contributed by atoms with Gasteiger partial charge < -0.3 is 14.5 Å². The van der Waals surface area contributed by atoms with Crippen LogP contribution in [0.3, 0.4) is 0 Å². The van der Waals surface area contributed by atoms with E-state index in [9.17, 15) is 13.2 Å². The molecule has 1 aliphatic heterocycles. The molecule has 8 heteroatoms. The lowest BCUT2D eigenvalue weighted by molar-refractivity contribution is 0.0264. The van der Waals surface area contributed by atoms with Gasteiger partial charge in [0.25, 0.3) is 10.1 Å². The first kappa shape index (κ1) is 26.9. The van der Waals surface area contributed by atoms with Gasteiger partial charge in [-0.15, -0.1) is 0 Å². The fourth-order valence-corrected chi connectivity index (χ4v) is 4.99. The zero-order valence-electron chi connectivity index (χ0n) is 21.0. The molecule has 1 atom stereocenters. The Labute approximate surface area is 224 Å². The highest BCUT2D eigenvalue weighted by Crippen LogP contribution is 2.19. The molecule has 1 aliphatic rings. The third-order valence-corrected chi connectivity index (χ3v) is 7.34. The fraction of sp³-hybridized carbons (Fsp3) is 0.167. The van der Waals surface area contributed by atoms with Crippen molar-refractivity contribution in [1.29, 1.82) is 0 Å². The van der Waals surface area contributed by atoms with E-state index in [2.05, 4.69) is 18.1 Å². The summed E-state index contributed by atoms with van der Waals surface area (Å²) in [5.74, 6) is -0.548. The van der Waals surface area contributed by atoms with Gasteiger partial charge in [-0.2, -0.15) is 8.42 Å². The van der Waals surface area contributed by atoms with Crippen LogP contribution in [0.25, 0.3) is 12.2 Å².